The number of hydrogen-bond acceptors (Lipinski definition) is 4. The Hall–Kier alpha value is -2.24. The van der Waals surface area contributed by atoms with Crippen molar-refractivity contribution in [2.24, 2.45) is 5.92 Å². The molecule has 6 heteroatoms. The zero-order valence-corrected chi connectivity index (χ0v) is 13.6. The van der Waals surface area contributed by atoms with E-state index in [1.165, 1.54) is 12.8 Å². The van der Waals surface area contributed by atoms with Crippen LogP contribution in [0.2, 0.25) is 0 Å². The molecule has 0 unspecified atom stereocenters. The highest BCUT2D eigenvalue weighted by molar-refractivity contribution is 5.74. The molecule has 2 amide bonds. The summed E-state index contributed by atoms with van der Waals surface area (Å²) in [6, 6.07) is 10.2. The van der Waals surface area contributed by atoms with Gasteiger partial charge in [0, 0.05) is 38.3 Å². The third kappa shape index (κ3) is 5.81. The summed E-state index contributed by atoms with van der Waals surface area (Å²) in [5.74, 6) is 0.218. The normalized spacial score (nSPS) is 16.9. The highest BCUT2D eigenvalue weighted by Gasteiger charge is 2.22. The third-order valence-electron chi connectivity index (χ3n) is 4.03. The van der Waals surface area contributed by atoms with E-state index in [9.17, 15) is 9.59 Å². The number of hydrogen-bond donors (Lipinski definition) is 2. The van der Waals surface area contributed by atoms with Gasteiger partial charge in [0.25, 0.3) is 0 Å². The van der Waals surface area contributed by atoms with Gasteiger partial charge in [0.1, 0.15) is 0 Å². The molecule has 2 N–H and O–H groups in total. The van der Waals surface area contributed by atoms with E-state index in [2.05, 4.69) is 32.4 Å². The van der Waals surface area contributed by atoms with E-state index >= 15 is 0 Å². The maximum atomic E-state index is 11.7. The summed E-state index contributed by atoms with van der Waals surface area (Å²) in [4.78, 5) is 25.0. The molecule has 0 radical (unpaired) electrons. The Balaban J connectivity index is 1.59. The smallest absolute Gasteiger partial charge is 0.314 e. The minimum Gasteiger partial charge on any atom is -0.469 e. The molecule has 1 saturated heterocycles. The number of carbonyl (C=O) groups excluding carboxylic acids is 2. The van der Waals surface area contributed by atoms with Gasteiger partial charge in [-0.3, -0.25) is 4.79 Å². The van der Waals surface area contributed by atoms with E-state index in [4.69, 9.17) is 0 Å². The van der Waals surface area contributed by atoms with Crippen LogP contribution in [0.4, 0.5) is 10.5 Å². The number of nitrogens with one attached hydrogen (secondary N) is 2. The standard InChI is InChI=1S/C17H25N3O3/c1-23-16(21)8-5-10-18-17(22)19-12-14-9-11-20(13-14)15-6-3-2-4-7-15/h2-4,6-7,14H,5,8-13H2,1H3,(H2,18,19,22)/t14-/m1/s1. The van der Waals surface area contributed by atoms with Crippen LogP contribution in [0, 0.1) is 5.92 Å². The highest BCUT2D eigenvalue weighted by atomic mass is 16.5. The molecule has 0 spiro atoms. The molecule has 1 aliphatic rings. The lowest BCUT2D eigenvalue weighted by Crippen LogP contribution is -2.39. The average Bonchev–Trinajstić information content (AvgIpc) is 3.06. The van der Waals surface area contributed by atoms with Gasteiger partial charge in [-0.15, -0.1) is 0 Å². The number of ether oxygens (including phenoxy) is 1. The number of carbonyl (C=O) groups is 2. The van der Waals surface area contributed by atoms with Gasteiger partial charge in [-0.25, -0.2) is 4.79 Å². The Bertz CT molecular complexity index is 507. The van der Waals surface area contributed by atoms with Crippen molar-refractivity contribution in [1.82, 2.24) is 10.6 Å². The van der Waals surface area contributed by atoms with Gasteiger partial charge in [-0.05, 0) is 30.9 Å². The van der Waals surface area contributed by atoms with Crippen LogP contribution in [0.15, 0.2) is 30.3 Å². The number of para-hydroxylation sites is 1. The number of amides is 2. The molecule has 1 heterocycles. The summed E-state index contributed by atoms with van der Waals surface area (Å²) in [6.07, 6.45) is 1.99. The predicted molar refractivity (Wildman–Crippen MR) is 89.4 cm³/mol. The van der Waals surface area contributed by atoms with Gasteiger partial charge in [0.05, 0.1) is 7.11 Å². The Morgan fingerprint density at radius 1 is 1.26 bits per heavy atom. The van der Waals surface area contributed by atoms with Gasteiger partial charge in [0.15, 0.2) is 0 Å². The second kappa shape index (κ2) is 9.02. The fourth-order valence-corrected chi connectivity index (χ4v) is 2.71. The van der Waals surface area contributed by atoms with Crippen LogP contribution < -0.4 is 15.5 Å². The first-order valence-corrected chi connectivity index (χ1v) is 8.07. The van der Waals surface area contributed by atoms with Crippen LogP contribution in [-0.2, 0) is 9.53 Å². The van der Waals surface area contributed by atoms with E-state index < -0.39 is 0 Å². The number of urea groups is 1. The number of benzene rings is 1. The summed E-state index contributed by atoms with van der Waals surface area (Å²) in [7, 11) is 1.36. The fraction of sp³-hybridized carbons (Fsp3) is 0.529. The van der Waals surface area contributed by atoms with E-state index in [1.807, 2.05) is 18.2 Å². The minimum absolute atomic E-state index is 0.173. The van der Waals surface area contributed by atoms with Crippen LogP contribution in [0.5, 0.6) is 0 Å². The molecule has 126 valence electrons. The van der Waals surface area contributed by atoms with Crippen LogP contribution >= 0.6 is 0 Å². The maximum Gasteiger partial charge on any atom is 0.314 e. The Morgan fingerprint density at radius 3 is 2.78 bits per heavy atom. The second-order valence-corrected chi connectivity index (χ2v) is 5.75. The van der Waals surface area contributed by atoms with Gasteiger partial charge in [-0.1, -0.05) is 18.2 Å². The van der Waals surface area contributed by atoms with Crippen LogP contribution in [-0.4, -0.2) is 45.3 Å². The van der Waals surface area contributed by atoms with Crippen LogP contribution in [0.25, 0.3) is 0 Å². The van der Waals surface area contributed by atoms with Crippen molar-refractivity contribution >= 4 is 17.7 Å². The first kappa shape index (κ1) is 17.1. The molecule has 1 aliphatic heterocycles. The molecule has 1 aromatic carbocycles. The van der Waals surface area contributed by atoms with Crippen molar-refractivity contribution in [3.05, 3.63) is 30.3 Å². The summed E-state index contributed by atoms with van der Waals surface area (Å²) >= 11 is 0. The lowest BCUT2D eigenvalue weighted by atomic mass is 10.1. The van der Waals surface area contributed by atoms with Crippen molar-refractivity contribution in [3.63, 3.8) is 0 Å². The van der Waals surface area contributed by atoms with Crippen molar-refractivity contribution in [1.29, 1.82) is 0 Å². The molecule has 0 bridgehead atoms. The lowest BCUT2D eigenvalue weighted by molar-refractivity contribution is -0.140. The molecule has 2 rings (SSSR count). The largest absolute Gasteiger partial charge is 0.469 e. The van der Waals surface area contributed by atoms with Crippen molar-refractivity contribution in [2.75, 3.05) is 38.2 Å². The molecule has 23 heavy (non-hydrogen) atoms. The summed E-state index contributed by atoms with van der Waals surface area (Å²) in [5.41, 5.74) is 1.24. The molecule has 1 aromatic rings. The zero-order chi connectivity index (χ0) is 16.5. The Labute approximate surface area is 137 Å². The zero-order valence-electron chi connectivity index (χ0n) is 13.6. The maximum absolute atomic E-state index is 11.7. The molecular weight excluding hydrogens is 294 g/mol. The average molecular weight is 319 g/mol. The number of methoxy groups -OCH3 is 1. The predicted octanol–water partition coefficient (Wildman–Crippen LogP) is 1.77. The van der Waals surface area contributed by atoms with E-state index in [0.717, 1.165) is 19.5 Å². The van der Waals surface area contributed by atoms with Gasteiger partial charge >= 0.3 is 12.0 Å². The summed E-state index contributed by atoms with van der Waals surface area (Å²) < 4.78 is 4.55. The highest BCUT2D eigenvalue weighted by Crippen LogP contribution is 2.22. The lowest BCUT2D eigenvalue weighted by Gasteiger charge is -2.18. The molecular formula is C17H25N3O3. The fourth-order valence-electron chi connectivity index (χ4n) is 2.71. The number of rotatable bonds is 7. The molecule has 0 aromatic heterocycles. The first-order chi connectivity index (χ1) is 11.2. The van der Waals surface area contributed by atoms with Crippen molar-refractivity contribution < 1.29 is 14.3 Å². The van der Waals surface area contributed by atoms with Crippen LogP contribution in [0.3, 0.4) is 0 Å². The minimum atomic E-state index is -0.251. The number of esters is 1. The second-order valence-electron chi connectivity index (χ2n) is 5.75. The Kier molecular flexibility index (Phi) is 6.72. The summed E-state index contributed by atoms with van der Waals surface area (Å²) in [6.45, 7) is 3.14. The first-order valence-electron chi connectivity index (χ1n) is 8.07. The van der Waals surface area contributed by atoms with Gasteiger partial charge in [0.2, 0.25) is 0 Å². The molecule has 1 fully saturated rings. The van der Waals surface area contributed by atoms with Crippen LogP contribution in [0.1, 0.15) is 19.3 Å². The topological polar surface area (TPSA) is 70.7 Å². The molecule has 1 atom stereocenters. The van der Waals surface area contributed by atoms with Crippen molar-refractivity contribution in [3.8, 4) is 0 Å². The Morgan fingerprint density at radius 2 is 2.04 bits per heavy atom. The van der Waals surface area contributed by atoms with E-state index in [-0.39, 0.29) is 12.0 Å². The van der Waals surface area contributed by atoms with Crippen molar-refractivity contribution in [2.45, 2.75) is 19.3 Å². The monoisotopic (exact) mass is 319 g/mol. The van der Waals surface area contributed by atoms with E-state index in [1.54, 1.807) is 0 Å². The van der Waals surface area contributed by atoms with Gasteiger partial charge in [-0.2, -0.15) is 0 Å². The quantitative estimate of drug-likeness (QED) is 0.593. The SMILES string of the molecule is COC(=O)CCCNC(=O)NC[C@H]1CCN(c2ccccc2)C1. The van der Waals surface area contributed by atoms with E-state index in [0.29, 0.717) is 31.8 Å². The third-order valence-corrected chi connectivity index (χ3v) is 4.03. The van der Waals surface area contributed by atoms with Gasteiger partial charge < -0.3 is 20.3 Å². The molecule has 0 saturated carbocycles. The summed E-state index contributed by atoms with van der Waals surface area (Å²) in [5, 5.41) is 5.66. The molecule has 6 nitrogen and oxygen atoms in total. The number of nitrogens with zero attached hydrogens (tertiary/aromatic N) is 1. The molecule has 0 aliphatic carbocycles. The number of anilines is 1.